The van der Waals surface area contributed by atoms with Crippen molar-refractivity contribution in [2.24, 2.45) is 0 Å². The normalized spacial score (nSPS) is 17.3. The van der Waals surface area contributed by atoms with Crippen molar-refractivity contribution in [2.45, 2.75) is 12.3 Å². The first kappa shape index (κ1) is 11.3. The summed E-state index contributed by atoms with van der Waals surface area (Å²) in [5, 5.41) is 0.736. The molecule has 0 bridgehead atoms. The molecule has 1 aliphatic rings. The smallest absolute Gasteiger partial charge is 0.179 e. The van der Waals surface area contributed by atoms with Crippen LogP contribution in [0, 0.1) is 0 Å². The van der Waals surface area contributed by atoms with Crippen LogP contribution in [0.4, 0.5) is 0 Å². The number of fused-ring (bicyclic) bond motifs is 2. The van der Waals surface area contributed by atoms with Gasteiger partial charge in [-0.1, -0.05) is 47.5 Å². The molecule has 0 aliphatic heterocycles. The van der Waals surface area contributed by atoms with E-state index in [1.165, 1.54) is 11.1 Å². The predicted molar refractivity (Wildman–Crippen MR) is 75.9 cm³/mol. The summed E-state index contributed by atoms with van der Waals surface area (Å²) in [6.07, 6.45) is 1.01. The van der Waals surface area contributed by atoms with Gasteiger partial charge >= 0.3 is 0 Å². The Morgan fingerprint density at radius 3 is 2.84 bits per heavy atom. The Hall–Kier alpha value is -1.58. The molecule has 94 valence electrons. The fourth-order valence-corrected chi connectivity index (χ4v) is 2.87. The fourth-order valence-electron chi connectivity index (χ4n) is 2.58. The summed E-state index contributed by atoms with van der Waals surface area (Å²) in [6, 6.07) is 10.2. The van der Waals surface area contributed by atoms with Crippen LogP contribution in [0.5, 0.6) is 0 Å². The first-order valence-electron chi connectivity index (χ1n) is 6.02. The van der Waals surface area contributed by atoms with Crippen LogP contribution in [0.1, 0.15) is 22.9 Å². The van der Waals surface area contributed by atoms with Crippen LogP contribution in [-0.4, -0.2) is 15.0 Å². The number of nitrogens with one attached hydrogen (secondary N) is 1. The van der Waals surface area contributed by atoms with Gasteiger partial charge in [-0.3, -0.25) is 0 Å². The van der Waals surface area contributed by atoms with Gasteiger partial charge in [-0.15, -0.1) is 0 Å². The molecule has 3 aromatic rings. The van der Waals surface area contributed by atoms with Gasteiger partial charge in [0.1, 0.15) is 11.0 Å². The van der Waals surface area contributed by atoms with Crippen LogP contribution in [0.15, 0.2) is 30.3 Å². The summed E-state index contributed by atoms with van der Waals surface area (Å²) >= 11 is 11.9. The van der Waals surface area contributed by atoms with E-state index >= 15 is 0 Å². The Bertz CT molecular complexity index is 755. The largest absolute Gasteiger partial charge is 0.340 e. The van der Waals surface area contributed by atoms with Crippen LogP contribution >= 0.6 is 23.2 Å². The van der Waals surface area contributed by atoms with Crippen LogP contribution in [0.25, 0.3) is 11.2 Å². The lowest BCUT2D eigenvalue weighted by Crippen LogP contribution is -2.19. The molecule has 0 radical (unpaired) electrons. The molecule has 1 aliphatic carbocycles. The lowest BCUT2D eigenvalue weighted by molar-refractivity contribution is 0.671. The molecule has 1 unspecified atom stereocenters. The Balaban J connectivity index is 1.82. The van der Waals surface area contributed by atoms with Gasteiger partial charge < -0.3 is 4.98 Å². The number of aromatic nitrogens is 3. The van der Waals surface area contributed by atoms with E-state index in [2.05, 4.69) is 39.2 Å². The summed E-state index contributed by atoms with van der Waals surface area (Å²) in [6.45, 7) is 0. The first-order chi connectivity index (χ1) is 9.22. The highest BCUT2D eigenvalue weighted by molar-refractivity contribution is 6.41. The minimum Gasteiger partial charge on any atom is -0.340 e. The number of nitrogens with zero attached hydrogens (tertiary/aromatic N) is 2. The third-order valence-corrected chi connectivity index (χ3v) is 4.26. The number of hydrogen-bond acceptors (Lipinski definition) is 2. The molecule has 2 aromatic heterocycles. The lowest BCUT2D eigenvalue weighted by Gasteiger charge is -2.28. The maximum absolute atomic E-state index is 5.96. The van der Waals surface area contributed by atoms with Gasteiger partial charge in [0, 0.05) is 5.92 Å². The van der Waals surface area contributed by atoms with Crippen molar-refractivity contribution in [2.75, 3.05) is 0 Å². The third kappa shape index (κ3) is 1.66. The fraction of sp³-hybridized carbons (Fsp3) is 0.143. The second kappa shape index (κ2) is 3.95. The highest BCUT2D eigenvalue weighted by Crippen LogP contribution is 2.39. The average Bonchev–Trinajstić information content (AvgIpc) is 2.74. The number of hydrogen-bond donors (Lipinski definition) is 1. The number of pyridine rings is 1. The molecular weight excluding hydrogens is 281 g/mol. The topological polar surface area (TPSA) is 41.6 Å². The molecule has 1 N–H and O–H groups in total. The van der Waals surface area contributed by atoms with E-state index in [9.17, 15) is 0 Å². The molecule has 0 saturated carbocycles. The average molecular weight is 290 g/mol. The minimum atomic E-state index is 0.293. The summed E-state index contributed by atoms with van der Waals surface area (Å²) in [4.78, 5) is 12.0. The van der Waals surface area contributed by atoms with Crippen molar-refractivity contribution in [1.29, 1.82) is 0 Å². The second-order valence-electron chi connectivity index (χ2n) is 4.71. The third-order valence-electron chi connectivity index (χ3n) is 3.59. The van der Waals surface area contributed by atoms with E-state index in [1.807, 2.05) is 0 Å². The maximum Gasteiger partial charge on any atom is 0.179 e. The quantitative estimate of drug-likeness (QED) is 0.689. The monoisotopic (exact) mass is 289 g/mol. The zero-order valence-corrected chi connectivity index (χ0v) is 11.3. The van der Waals surface area contributed by atoms with E-state index in [1.54, 1.807) is 6.07 Å². The molecule has 0 amide bonds. The highest BCUT2D eigenvalue weighted by Gasteiger charge is 2.29. The Morgan fingerprint density at radius 1 is 1.16 bits per heavy atom. The van der Waals surface area contributed by atoms with Crippen LogP contribution in [0.2, 0.25) is 10.2 Å². The summed E-state index contributed by atoms with van der Waals surface area (Å²) in [5.41, 5.74) is 4.17. The van der Waals surface area contributed by atoms with E-state index in [0.717, 1.165) is 17.8 Å². The van der Waals surface area contributed by atoms with E-state index in [-0.39, 0.29) is 0 Å². The number of H-pyrrole nitrogens is 1. The second-order valence-corrected chi connectivity index (χ2v) is 5.47. The lowest BCUT2D eigenvalue weighted by atomic mass is 9.77. The zero-order chi connectivity index (χ0) is 13.0. The number of benzene rings is 1. The molecule has 4 rings (SSSR count). The van der Waals surface area contributed by atoms with E-state index < -0.39 is 0 Å². The van der Waals surface area contributed by atoms with Gasteiger partial charge in [0.2, 0.25) is 0 Å². The summed E-state index contributed by atoms with van der Waals surface area (Å²) in [5.74, 6) is 1.25. The number of halogens is 2. The molecule has 19 heavy (non-hydrogen) atoms. The first-order valence-corrected chi connectivity index (χ1v) is 6.77. The molecule has 2 heterocycles. The molecule has 0 saturated heterocycles. The summed E-state index contributed by atoms with van der Waals surface area (Å²) < 4.78 is 0. The SMILES string of the molecule is Clc1cc2[nH]c(C3Cc4ccccc43)nc2nc1Cl. The van der Waals surface area contributed by atoms with Crippen molar-refractivity contribution < 1.29 is 0 Å². The van der Waals surface area contributed by atoms with Crippen molar-refractivity contribution in [3.63, 3.8) is 0 Å². The highest BCUT2D eigenvalue weighted by atomic mass is 35.5. The standard InChI is InChI=1S/C14H9Cl2N3/c15-10-6-11-14(18-12(10)16)19-13(17-11)9-5-7-3-1-2-4-8(7)9/h1-4,6,9H,5H2,(H,17,18,19). The zero-order valence-electron chi connectivity index (χ0n) is 9.82. The number of imidazole rings is 1. The molecule has 1 aromatic carbocycles. The molecule has 1 atom stereocenters. The Kier molecular flexibility index (Phi) is 2.34. The van der Waals surface area contributed by atoms with Crippen LogP contribution < -0.4 is 0 Å². The summed E-state index contributed by atoms with van der Waals surface area (Å²) in [7, 11) is 0. The van der Waals surface area contributed by atoms with Crippen molar-refractivity contribution in [3.8, 4) is 0 Å². The number of rotatable bonds is 1. The minimum absolute atomic E-state index is 0.293. The van der Waals surface area contributed by atoms with E-state index in [0.29, 0.717) is 21.7 Å². The Labute approximate surface area is 119 Å². The van der Waals surface area contributed by atoms with Gasteiger partial charge in [-0.2, -0.15) is 0 Å². The van der Waals surface area contributed by atoms with Gasteiger partial charge in [0.05, 0.1) is 10.5 Å². The van der Waals surface area contributed by atoms with Gasteiger partial charge in [0.15, 0.2) is 5.65 Å². The van der Waals surface area contributed by atoms with Gasteiger partial charge in [-0.05, 0) is 23.6 Å². The van der Waals surface area contributed by atoms with Gasteiger partial charge in [-0.25, -0.2) is 9.97 Å². The van der Waals surface area contributed by atoms with E-state index in [4.69, 9.17) is 23.2 Å². The van der Waals surface area contributed by atoms with Crippen LogP contribution in [0.3, 0.4) is 0 Å². The number of aromatic amines is 1. The van der Waals surface area contributed by atoms with Crippen molar-refractivity contribution in [1.82, 2.24) is 15.0 Å². The molecule has 0 fully saturated rings. The molecule has 3 nitrogen and oxygen atoms in total. The van der Waals surface area contributed by atoms with Crippen molar-refractivity contribution in [3.05, 3.63) is 57.5 Å². The van der Waals surface area contributed by atoms with Crippen molar-refractivity contribution >= 4 is 34.4 Å². The molecule has 5 heteroatoms. The van der Waals surface area contributed by atoms with Gasteiger partial charge in [0.25, 0.3) is 0 Å². The Morgan fingerprint density at radius 2 is 2.00 bits per heavy atom. The van der Waals surface area contributed by atoms with Crippen LogP contribution in [-0.2, 0) is 6.42 Å². The maximum atomic E-state index is 5.96. The molecular formula is C14H9Cl2N3. The molecule has 0 spiro atoms. The predicted octanol–water partition coefficient (Wildman–Crippen LogP) is 3.95.